The monoisotopic (exact) mass is 480 g/mol. The maximum Gasteiger partial charge on any atom is 0.253 e. The van der Waals surface area contributed by atoms with E-state index in [-0.39, 0.29) is 24.8 Å². The number of anilines is 1. The molecule has 3 aromatic heterocycles. The van der Waals surface area contributed by atoms with Crippen molar-refractivity contribution in [2.45, 2.75) is 25.4 Å². The summed E-state index contributed by atoms with van der Waals surface area (Å²) >= 11 is 6.33. The van der Waals surface area contributed by atoms with E-state index < -0.39 is 0 Å². The molecule has 0 bridgehead atoms. The molecule has 10 heteroatoms. The van der Waals surface area contributed by atoms with E-state index in [1.54, 1.807) is 42.3 Å². The fourth-order valence-electron chi connectivity index (χ4n) is 4.52. The molecular formula is C24H25ClN6O3. The van der Waals surface area contributed by atoms with E-state index in [0.717, 1.165) is 30.3 Å². The molecule has 1 fully saturated rings. The van der Waals surface area contributed by atoms with Crippen molar-refractivity contribution in [2.24, 2.45) is 7.05 Å². The van der Waals surface area contributed by atoms with Crippen LogP contribution in [-0.4, -0.2) is 55.5 Å². The van der Waals surface area contributed by atoms with Crippen molar-refractivity contribution in [3.63, 3.8) is 0 Å². The van der Waals surface area contributed by atoms with Crippen LogP contribution in [0.15, 0.2) is 47.7 Å². The molecule has 5 rings (SSSR count). The number of rotatable bonds is 6. The standard InChI is InChI=1S/C24H25ClN6O3/c1-29-9-7-26-22(29)17-11-21(33)31(13-15-5-6-20(34-2)19(25)10-15)23-18(17)12-27-24(28-23)30-8-3-4-16(30)14-32/h5-7,9-12,16,32H,3-4,8,13-14H2,1-2H3. The Morgan fingerprint density at radius 3 is 2.82 bits per heavy atom. The number of benzene rings is 1. The normalized spacial score (nSPS) is 15.9. The highest BCUT2D eigenvalue weighted by Crippen LogP contribution is 2.29. The smallest absolute Gasteiger partial charge is 0.253 e. The lowest BCUT2D eigenvalue weighted by atomic mass is 10.1. The second-order valence-corrected chi connectivity index (χ2v) is 8.80. The lowest BCUT2D eigenvalue weighted by Gasteiger charge is -2.23. The summed E-state index contributed by atoms with van der Waals surface area (Å²) in [5, 5.41) is 11.0. The first kappa shape index (κ1) is 22.4. The zero-order chi connectivity index (χ0) is 23.8. The van der Waals surface area contributed by atoms with Gasteiger partial charge in [-0.3, -0.25) is 9.36 Å². The molecule has 1 atom stereocenters. The van der Waals surface area contributed by atoms with Gasteiger partial charge in [0.25, 0.3) is 5.56 Å². The maximum absolute atomic E-state index is 13.4. The number of pyridine rings is 1. The molecule has 9 nitrogen and oxygen atoms in total. The molecule has 0 saturated carbocycles. The summed E-state index contributed by atoms with van der Waals surface area (Å²) in [6, 6.07) is 6.99. The van der Waals surface area contributed by atoms with Crippen LogP contribution in [0.4, 0.5) is 5.95 Å². The van der Waals surface area contributed by atoms with Crippen LogP contribution < -0.4 is 15.2 Å². The number of aromatic nitrogens is 5. The highest BCUT2D eigenvalue weighted by Gasteiger charge is 2.27. The number of ether oxygens (including phenoxy) is 1. The number of fused-ring (bicyclic) bond motifs is 1. The third-order valence-corrected chi connectivity index (χ3v) is 6.59. The number of hydrogen-bond acceptors (Lipinski definition) is 7. The third-order valence-electron chi connectivity index (χ3n) is 6.30. The summed E-state index contributed by atoms with van der Waals surface area (Å²) in [5.41, 5.74) is 1.81. The van der Waals surface area contributed by atoms with Crippen LogP contribution in [-0.2, 0) is 13.6 Å². The van der Waals surface area contributed by atoms with Gasteiger partial charge in [0.1, 0.15) is 17.2 Å². The number of halogens is 1. The molecule has 0 radical (unpaired) electrons. The Labute approximate surface area is 201 Å². The lowest BCUT2D eigenvalue weighted by Crippen LogP contribution is -2.33. The molecule has 34 heavy (non-hydrogen) atoms. The summed E-state index contributed by atoms with van der Waals surface area (Å²) in [6.07, 6.45) is 7.10. The quantitative estimate of drug-likeness (QED) is 0.453. The summed E-state index contributed by atoms with van der Waals surface area (Å²) in [7, 11) is 3.44. The highest BCUT2D eigenvalue weighted by atomic mass is 35.5. The second kappa shape index (κ2) is 9.08. The van der Waals surface area contributed by atoms with E-state index in [9.17, 15) is 9.90 Å². The third kappa shape index (κ3) is 3.91. The molecule has 1 aliphatic heterocycles. The molecular weight excluding hydrogens is 456 g/mol. The Hall–Kier alpha value is -3.43. The Balaban J connectivity index is 1.69. The van der Waals surface area contributed by atoms with Crippen LogP contribution in [0.1, 0.15) is 18.4 Å². The molecule has 4 aromatic rings. The Kier molecular flexibility index (Phi) is 5.97. The molecule has 0 spiro atoms. The first-order valence-corrected chi connectivity index (χ1v) is 11.5. The number of nitrogens with zero attached hydrogens (tertiary/aromatic N) is 6. The number of aliphatic hydroxyl groups excluding tert-OH is 1. The SMILES string of the molecule is COc1ccc(Cn2c(=O)cc(-c3nccn3C)c3cnc(N4CCCC4CO)nc32)cc1Cl. The van der Waals surface area contributed by atoms with E-state index in [0.29, 0.717) is 33.8 Å². The zero-order valence-electron chi connectivity index (χ0n) is 19.0. The average Bonchev–Trinajstić information content (AvgIpc) is 3.49. The first-order valence-electron chi connectivity index (χ1n) is 11.1. The van der Waals surface area contributed by atoms with Crippen LogP contribution in [0.25, 0.3) is 22.4 Å². The van der Waals surface area contributed by atoms with Gasteiger partial charge in [-0.05, 0) is 30.5 Å². The molecule has 1 saturated heterocycles. The minimum atomic E-state index is -0.206. The summed E-state index contributed by atoms with van der Waals surface area (Å²) in [4.78, 5) is 29.3. The van der Waals surface area contributed by atoms with E-state index in [2.05, 4.69) is 9.97 Å². The Morgan fingerprint density at radius 1 is 1.26 bits per heavy atom. The van der Waals surface area contributed by atoms with Crippen LogP contribution in [0, 0.1) is 0 Å². The fraction of sp³-hybridized carbons (Fsp3) is 0.333. The van der Waals surface area contributed by atoms with Gasteiger partial charge in [0.2, 0.25) is 5.95 Å². The summed E-state index contributed by atoms with van der Waals surface area (Å²) in [6.45, 7) is 1.07. The number of aliphatic hydroxyl groups is 1. The van der Waals surface area contributed by atoms with Crippen molar-refractivity contribution in [1.29, 1.82) is 0 Å². The topological polar surface area (TPSA) is 98.3 Å². The average molecular weight is 481 g/mol. The first-order chi connectivity index (χ1) is 16.5. The summed E-state index contributed by atoms with van der Waals surface area (Å²) in [5.74, 6) is 1.73. The number of hydrogen-bond donors (Lipinski definition) is 1. The van der Waals surface area contributed by atoms with E-state index >= 15 is 0 Å². The minimum absolute atomic E-state index is 0.0317. The number of imidazole rings is 1. The molecule has 1 unspecified atom stereocenters. The van der Waals surface area contributed by atoms with Crippen LogP contribution in [0.3, 0.4) is 0 Å². The van der Waals surface area contributed by atoms with Crippen molar-refractivity contribution in [3.05, 3.63) is 63.8 Å². The summed E-state index contributed by atoms with van der Waals surface area (Å²) < 4.78 is 8.73. The molecule has 176 valence electrons. The van der Waals surface area contributed by atoms with Crippen molar-refractivity contribution < 1.29 is 9.84 Å². The van der Waals surface area contributed by atoms with E-state index in [1.807, 2.05) is 28.8 Å². The van der Waals surface area contributed by atoms with Gasteiger partial charge in [-0.15, -0.1) is 0 Å². The highest BCUT2D eigenvalue weighted by molar-refractivity contribution is 6.32. The largest absolute Gasteiger partial charge is 0.495 e. The van der Waals surface area contributed by atoms with Crippen LogP contribution >= 0.6 is 11.6 Å². The van der Waals surface area contributed by atoms with Gasteiger partial charge in [-0.2, -0.15) is 4.98 Å². The lowest BCUT2D eigenvalue weighted by molar-refractivity contribution is 0.265. The van der Waals surface area contributed by atoms with Crippen molar-refractivity contribution in [1.82, 2.24) is 24.1 Å². The van der Waals surface area contributed by atoms with Crippen LogP contribution in [0.5, 0.6) is 5.75 Å². The number of aryl methyl sites for hydroxylation is 1. The van der Waals surface area contributed by atoms with Crippen molar-refractivity contribution >= 4 is 28.6 Å². The zero-order valence-corrected chi connectivity index (χ0v) is 19.7. The van der Waals surface area contributed by atoms with Crippen molar-refractivity contribution in [2.75, 3.05) is 25.2 Å². The molecule has 0 aliphatic carbocycles. The predicted molar refractivity (Wildman–Crippen MR) is 131 cm³/mol. The molecule has 4 heterocycles. The van der Waals surface area contributed by atoms with Crippen LogP contribution in [0.2, 0.25) is 5.02 Å². The molecule has 1 aromatic carbocycles. The van der Waals surface area contributed by atoms with Crippen molar-refractivity contribution in [3.8, 4) is 17.1 Å². The van der Waals surface area contributed by atoms with E-state index in [1.165, 1.54) is 0 Å². The van der Waals surface area contributed by atoms with Gasteiger partial charge in [0.05, 0.1) is 31.3 Å². The van der Waals surface area contributed by atoms with E-state index in [4.69, 9.17) is 21.3 Å². The molecule has 0 amide bonds. The van der Waals surface area contributed by atoms with Gasteiger partial charge in [-0.1, -0.05) is 17.7 Å². The Morgan fingerprint density at radius 2 is 2.12 bits per heavy atom. The second-order valence-electron chi connectivity index (χ2n) is 8.39. The Bertz CT molecular complexity index is 1420. The predicted octanol–water partition coefficient (Wildman–Crippen LogP) is 2.86. The maximum atomic E-state index is 13.4. The van der Waals surface area contributed by atoms with Gasteiger partial charge in [0, 0.05) is 49.2 Å². The number of methoxy groups -OCH3 is 1. The van der Waals surface area contributed by atoms with Gasteiger partial charge < -0.3 is 19.3 Å². The van der Waals surface area contributed by atoms with Gasteiger partial charge in [0.15, 0.2) is 0 Å². The van der Waals surface area contributed by atoms with Gasteiger partial charge >= 0.3 is 0 Å². The van der Waals surface area contributed by atoms with Gasteiger partial charge in [-0.25, -0.2) is 9.97 Å². The minimum Gasteiger partial charge on any atom is -0.495 e. The molecule has 1 N–H and O–H groups in total. The fourth-order valence-corrected chi connectivity index (χ4v) is 4.80. The molecule has 1 aliphatic rings.